The van der Waals surface area contributed by atoms with E-state index in [-0.39, 0.29) is 5.91 Å². The largest absolute Gasteiger partial charge is 0.321 e. The first-order chi connectivity index (χ1) is 13.1. The van der Waals surface area contributed by atoms with Crippen LogP contribution in [0.3, 0.4) is 0 Å². The first-order valence-electron chi connectivity index (χ1n) is 9.70. The number of nitrogens with one attached hydrogen (secondary N) is 2. The summed E-state index contributed by atoms with van der Waals surface area (Å²) in [7, 11) is 0. The molecule has 1 aliphatic rings. The van der Waals surface area contributed by atoms with Gasteiger partial charge in [0.2, 0.25) is 0 Å². The van der Waals surface area contributed by atoms with Gasteiger partial charge in [-0.25, -0.2) is 4.98 Å². The van der Waals surface area contributed by atoms with Crippen LogP contribution in [0, 0.1) is 0 Å². The van der Waals surface area contributed by atoms with Crippen LogP contribution < -0.4 is 10.2 Å². The van der Waals surface area contributed by atoms with E-state index in [0.29, 0.717) is 18.5 Å². The van der Waals surface area contributed by atoms with E-state index in [9.17, 15) is 4.79 Å². The summed E-state index contributed by atoms with van der Waals surface area (Å²) in [5, 5.41) is 4.31. The lowest BCUT2D eigenvalue weighted by Gasteiger charge is -2.20. The summed E-state index contributed by atoms with van der Waals surface area (Å²) in [5.41, 5.74) is 3.19. The number of likely N-dealkylation sites (tertiary alicyclic amines) is 1. The number of anilines is 1. The average molecular weight is 381 g/mol. The molecule has 3 aromatic rings. The zero-order valence-electron chi connectivity index (χ0n) is 15.9. The Morgan fingerprint density at radius 1 is 1.22 bits per heavy atom. The third-order valence-corrected chi connectivity index (χ3v) is 6.49. The summed E-state index contributed by atoms with van der Waals surface area (Å²) in [4.78, 5) is 18.9. The van der Waals surface area contributed by atoms with E-state index in [1.165, 1.54) is 20.2 Å². The molecule has 1 aromatic heterocycles. The summed E-state index contributed by atoms with van der Waals surface area (Å²) in [6.45, 7) is 5.83. The minimum Gasteiger partial charge on any atom is -0.321 e. The highest BCUT2D eigenvalue weighted by Crippen LogP contribution is 2.28. The van der Waals surface area contributed by atoms with E-state index in [1.54, 1.807) is 11.3 Å². The highest BCUT2D eigenvalue weighted by Gasteiger charge is 2.34. The summed E-state index contributed by atoms with van der Waals surface area (Å²) < 4.78 is 1.23. The molecule has 2 atom stereocenters. The van der Waals surface area contributed by atoms with Crippen molar-refractivity contribution in [3.05, 3.63) is 59.1 Å². The zero-order valence-corrected chi connectivity index (χ0v) is 16.7. The zero-order chi connectivity index (χ0) is 18.8. The maximum atomic E-state index is 12.7. The first-order valence-corrected chi connectivity index (χ1v) is 10.5. The van der Waals surface area contributed by atoms with Crippen molar-refractivity contribution in [2.75, 3.05) is 18.4 Å². The van der Waals surface area contributed by atoms with Crippen LogP contribution >= 0.6 is 11.3 Å². The number of benzene rings is 2. The number of carbonyl (C=O) groups excluding carboxylic acids is 1. The second kappa shape index (κ2) is 7.79. The predicted molar refractivity (Wildman–Crippen MR) is 111 cm³/mol. The Kier molecular flexibility index (Phi) is 5.23. The van der Waals surface area contributed by atoms with Crippen LogP contribution in [-0.4, -0.2) is 24.0 Å². The van der Waals surface area contributed by atoms with Crippen molar-refractivity contribution in [3.8, 4) is 0 Å². The van der Waals surface area contributed by atoms with Crippen molar-refractivity contribution in [1.82, 2.24) is 4.98 Å². The van der Waals surface area contributed by atoms with Crippen molar-refractivity contribution in [2.45, 2.75) is 38.6 Å². The van der Waals surface area contributed by atoms with Crippen LogP contribution in [0.25, 0.3) is 10.2 Å². The van der Waals surface area contributed by atoms with Crippen molar-refractivity contribution in [3.63, 3.8) is 0 Å². The maximum Gasteiger partial charge on any atom is 0.279 e. The van der Waals surface area contributed by atoms with Crippen molar-refractivity contribution >= 4 is 33.1 Å². The van der Waals surface area contributed by atoms with Gasteiger partial charge in [0.1, 0.15) is 6.04 Å². The maximum absolute atomic E-state index is 12.7. The molecule has 2 heterocycles. The van der Waals surface area contributed by atoms with E-state index < -0.39 is 0 Å². The molecule has 0 spiro atoms. The Morgan fingerprint density at radius 2 is 2.00 bits per heavy atom. The Balaban J connectivity index is 1.47. The number of nitrogens with zero attached hydrogens (tertiary/aromatic N) is 1. The summed E-state index contributed by atoms with van der Waals surface area (Å²) in [6, 6.07) is 16.7. The molecule has 1 saturated heterocycles. The number of hydrogen-bond donors (Lipinski definition) is 2. The standard InChI is InChI=1S/C22H25N3OS/c1-15(2)16-8-3-4-9-17(16)23-21(26)14-25-13-7-11-19(25)22-24-18-10-5-6-12-20(18)27-22/h3-6,8-10,12,15,19H,7,11,13-14H2,1-2H3,(H,23,26)/p+1/t19-/m0/s1. The predicted octanol–water partition coefficient (Wildman–Crippen LogP) is 3.78. The van der Waals surface area contributed by atoms with Crippen LogP contribution in [0.15, 0.2) is 48.5 Å². The Hall–Kier alpha value is -2.24. The molecule has 0 saturated carbocycles. The molecule has 27 heavy (non-hydrogen) atoms. The molecule has 2 aromatic carbocycles. The molecule has 1 unspecified atom stereocenters. The van der Waals surface area contributed by atoms with Crippen molar-refractivity contribution < 1.29 is 9.69 Å². The number of carbonyl (C=O) groups is 1. The van der Waals surface area contributed by atoms with Crippen LogP contribution in [0.4, 0.5) is 5.69 Å². The molecule has 140 valence electrons. The molecule has 4 nitrogen and oxygen atoms in total. The molecular weight excluding hydrogens is 354 g/mol. The molecule has 2 N–H and O–H groups in total. The van der Waals surface area contributed by atoms with Gasteiger partial charge >= 0.3 is 0 Å². The lowest BCUT2D eigenvalue weighted by Crippen LogP contribution is -3.11. The van der Waals surface area contributed by atoms with Gasteiger partial charge in [0.15, 0.2) is 11.6 Å². The Bertz CT molecular complexity index is 916. The lowest BCUT2D eigenvalue weighted by atomic mass is 10.0. The molecule has 0 radical (unpaired) electrons. The Morgan fingerprint density at radius 3 is 2.81 bits per heavy atom. The fourth-order valence-electron chi connectivity index (χ4n) is 3.98. The van der Waals surface area contributed by atoms with Gasteiger partial charge in [0.25, 0.3) is 5.91 Å². The second-order valence-electron chi connectivity index (χ2n) is 7.59. The topological polar surface area (TPSA) is 46.4 Å². The molecule has 1 aliphatic heterocycles. The minimum atomic E-state index is 0.0890. The van der Waals surface area contributed by atoms with Crippen LogP contribution in [0.5, 0.6) is 0 Å². The SMILES string of the molecule is CC(C)c1ccccc1NC(=O)C[NH+]1CCC[C@H]1c1nc2ccccc2s1. The Labute approximate surface area is 164 Å². The monoisotopic (exact) mass is 380 g/mol. The number of para-hydroxylation sites is 2. The summed E-state index contributed by atoms with van der Waals surface area (Å²) in [6.07, 6.45) is 2.25. The van der Waals surface area contributed by atoms with Gasteiger partial charge in [-0.3, -0.25) is 4.79 Å². The first kappa shape index (κ1) is 18.1. The van der Waals surface area contributed by atoms with Crippen LogP contribution in [0.2, 0.25) is 0 Å². The second-order valence-corrected chi connectivity index (χ2v) is 8.65. The average Bonchev–Trinajstić information content (AvgIpc) is 3.28. The van der Waals surface area contributed by atoms with Gasteiger partial charge in [-0.15, -0.1) is 11.3 Å². The number of quaternary nitrogens is 1. The van der Waals surface area contributed by atoms with E-state index in [2.05, 4.69) is 43.4 Å². The van der Waals surface area contributed by atoms with Gasteiger partial charge in [0, 0.05) is 18.5 Å². The van der Waals surface area contributed by atoms with Gasteiger partial charge in [-0.1, -0.05) is 44.2 Å². The molecule has 1 amide bonds. The van der Waals surface area contributed by atoms with Crippen molar-refractivity contribution in [1.29, 1.82) is 0 Å². The molecular formula is C22H26N3OS+. The summed E-state index contributed by atoms with van der Waals surface area (Å²) >= 11 is 1.77. The van der Waals surface area contributed by atoms with Gasteiger partial charge < -0.3 is 10.2 Å². The van der Waals surface area contributed by atoms with Gasteiger partial charge in [-0.05, 0) is 29.7 Å². The normalized spacial score (nSPS) is 19.7. The number of aromatic nitrogens is 1. The molecule has 0 bridgehead atoms. The minimum absolute atomic E-state index is 0.0890. The lowest BCUT2D eigenvalue weighted by molar-refractivity contribution is -0.910. The number of hydrogen-bond acceptors (Lipinski definition) is 3. The van der Waals surface area contributed by atoms with E-state index in [1.807, 2.05) is 24.3 Å². The quantitative estimate of drug-likeness (QED) is 0.708. The molecule has 0 aliphatic carbocycles. The molecule has 4 rings (SSSR count). The van der Waals surface area contributed by atoms with Gasteiger partial charge in [-0.2, -0.15) is 0 Å². The van der Waals surface area contributed by atoms with E-state index in [4.69, 9.17) is 4.98 Å². The number of amides is 1. The summed E-state index contributed by atoms with van der Waals surface area (Å²) in [5.74, 6) is 0.474. The number of fused-ring (bicyclic) bond motifs is 1. The van der Waals surface area contributed by atoms with Crippen molar-refractivity contribution in [2.24, 2.45) is 0 Å². The van der Waals surface area contributed by atoms with Crippen LogP contribution in [0.1, 0.15) is 49.2 Å². The fourth-order valence-corrected chi connectivity index (χ4v) is 5.14. The molecule has 1 fully saturated rings. The smallest absolute Gasteiger partial charge is 0.279 e. The third kappa shape index (κ3) is 3.89. The van der Waals surface area contributed by atoms with E-state index in [0.717, 1.165) is 30.6 Å². The van der Waals surface area contributed by atoms with E-state index >= 15 is 0 Å². The highest BCUT2D eigenvalue weighted by atomic mass is 32.1. The third-order valence-electron chi connectivity index (χ3n) is 5.34. The van der Waals surface area contributed by atoms with Gasteiger partial charge in [0.05, 0.1) is 16.8 Å². The highest BCUT2D eigenvalue weighted by molar-refractivity contribution is 7.18. The fraction of sp³-hybridized carbons (Fsp3) is 0.364. The van der Waals surface area contributed by atoms with Crippen LogP contribution in [-0.2, 0) is 4.79 Å². The molecule has 5 heteroatoms. The number of rotatable bonds is 5. The number of thiazole rings is 1.